The molecular formula is C19H27ClO. The molecule has 2 heteroatoms. The van der Waals surface area contributed by atoms with Crippen LogP contribution in [0.15, 0.2) is 18.2 Å². The fourth-order valence-electron chi connectivity index (χ4n) is 3.90. The van der Waals surface area contributed by atoms with Gasteiger partial charge in [0.2, 0.25) is 0 Å². The number of unbranched alkanes of at least 4 members (excludes halogenated alkanes) is 1. The average molecular weight is 307 g/mol. The zero-order chi connectivity index (χ0) is 14.7. The Kier molecular flexibility index (Phi) is 5.24. The molecule has 116 valence electrons. The van der Waals surface area contributed by atoms with Gasteiger partial charge < -0.3 is 4.74 Å². The molecule has 0 N–H and O–H groups in total. The van der Waals surface area contributed by atoms with Gasteiger partial charge >= 0.3 is 0 Å². The van der Waals surface area contributed by atoms with Gasteiger partial charge in [-0.1, -0.05) is 57.2 Å². The van der Waals surface area contributed by atoms with E-state index >= 15 is 0 Å². The first-order valence-electron chi connectivity index (χ1n) is 8.61. The van der Waals surface area contributed by atoms with Gasteiger partial charge in [-0.3, -0.25) is 0 Å². The van der Waals surface area contributed by atoms with Crippen molar-refractivity contribution in [1.29, 1.82) is 0 Å². The summed E-state index contributed by atoms with van der Waals surface area (Å²) in [5.41, 5.74) is 3.98. The highest BCUT2D eigenvalue weighted by atomic mass is 35.5. The van der Waals surface area contributed by atoms with Crippen LogP contribution in [0.5, 0.6) is 0 Å². The van der Waals surface area contributed by atoms with E-state index in [1.807, 2.05) is 0 Å². The quantitative estimate of drug-likeness (QED) is 0.607. The van der Waals surface area contributed by atoms with Crippen LogP contribution in [0.4, 0.5) is 0 Å². The lowest BCUT2D eigenvalue weighted by Gasteiger charge is -2.31. The second kappa shape index (κ2) is 7.15. The molecule has 21 heavy (non-hydrogen) atoms. The van der Waals surface area contributed by atoms with Gasteiger partial charge in [-0.15, -0.1) is 11.6 Å². The normalized spacial score (nSPS) is 26.6. The Labute approximate surface area is 134 Å². The van der Waals surface area contributed by atoms with E-state index in [2.05, 4.69) is 25.1 Å². The van der Waals surface area contributed by atoms with Crippen molar-refractivity contribution in [3.63, 3.8) is 0 Å². The summed E-state index contributed by atoms with van der Waals surface area (Å²) in [4.78, 5) is 0. The predicted molar refractivity (Wildman–Crippen MR) is 88.5 cm³/mol. The molecule has 1 aliphatic carbocycles. The van der Waals surface area contributed by atoms with Gasteiger partial charge in [-0.05, 0) is 41.4 Å². The van der Waals surface area contributed by atoms with Crippen LogP contribution in [-0.2, 0) is 18.0 Å². The van der Waals surface area contributed by atoms with Crippen LogP contribution < -0.4 is 0 Å². The van der Waals surface area contributed by atoms with E-state index in [9.17, 15) is 0 Å². The highest BCUT2D eigenvalue weighted by Crippen LogP contribution is 2.42. The zero-order valence-corrected chi connectivity index (χ0v) is 13.9. The van der Waals surface area contributed by atoms with Crippen molar-refractivity contribution in [3.05, 3.63) is 34.9 Å². The smallest absolute Gasteiger partial charge is 0.0725 e. The highest BCUT2D eigenvalue weighted by Gasteiger charge is 2.27. The lowest BCUT2D eigenvalue weighted by atomic mass is 9.77. The Morgan fingerprint density at radius 3 is 2.67 bits per heavy atom. The summed E-state index contributed by atoms with van der Waals surface area (Å²) in [5, 5.41) is 0.183. The van der Waals surface area contributed by atoms with Gasteiger partial charge in [0, 0.05) is 0 Å². The maximum Gasteiger partial charge on any atom is 0.0725 e. The molecule has 3 rings (SSSR count). The van der Waals surface area contributed by atoms with Crippen LogP contribution in [0.2, 0.25) is 0 Å². The molecule has 0 radical (unpaired) electrons. The summed E-state index contributed by atoms with van der Waals surface area (Å²) in [7, 11) is 0. The SMILES string of the molecule is CCCCC1CCC(C(Cl)c2ccc3c(c2)COC3)CC1. The van der Waals surface area contributed by atoms with Crippen molar-refractivity contribution < 1.29 is 4.74 Å². The summed E-state index contributed by atoms with van der Waals surface area (Å²) < 4.78 is 5.50. The van der Waals surface area contributed by atoms with Gasteiger partial charge in [0.15, 0.2) is 0 Å². The van der Waals surface area contributed by atoms with Crippen molar-refractivity contribution in [2.75, 3.05) is 0 Å². The van der Waals surface area contributed by atoms with Crippen molar-refractivity contribution in [3.8, 4) is 0 Å². The molecule has 0 spiro atoms. The van der Waals surface area contributed by atoms with E-state index in [-0.39, 0.29) is 5.38 Å². The molecule has 1 aromatic rings. The van der Waals surface area contributed by atoms with E-state index in [0.717, 1.165) is 19.1 Å². The van der Waals surface area contributed by atoms with Gasteiger partial charge in [-0.25, -0.2) is 0 Å². The summed E-state index contributed by atoms with van der Waals surface area (Å²) >= 11 is 6.80. The first-order chi connectivity index (χ1) is 10.3. The van der Waals surface area contributed by atoms with E-state index < -0.39 is 0 Å². The van der Waals surface area contributed by atoms with Crippen LogP contribution in [0.25, 0.3) is 0 Å². The maximum absolute atomic E-state index is 6.80. The molecule has 1 aromatic carbocycles. The van der Waals surface area contributed by atoms with E-state index in [1.165, 1.54) is 61.6 Å². The molecule has 1 unspecified atom stereocenters. The van der Waals surface area contributed by atoms with Crippen LogP contribution in [0, 0.1) is 11.8 Å². The Morgan fingerprint density at radius 2 is 1.90 bits per heavy atom. The van der Waals surface area contributed by atoms with Crippen molar-refractivity contribution in [2.45, 2.75) is 70.5 Å². The molecule has 0 aromatic heterocycles. The first-order valence-corrected chi connectivity index (χ1v) is 9.05. The number of rotatable bonds is 5. The Hall–Kier alpha value is -0.530. The molecule has 0 bridgehead atoms. The Balaban J connectivity index is 1.57. The lowest BCUT2D eigenvalue weighted by molar-refractivity contribution is 0.134. The van der Waals surface area contributed by atoms with Crippen LogP contribution in [0.1, 0.15) is 73.9 Å². The van der Waals surface area contributed by atoms with E-state index in [0.29, 0.717) is 5.92 Å². The van der Waals surface area contributed by atoms with Crippen molar-refractivity contribution in [1.82, 2.24) is 0 Å². The van der Waals surface area contributed by atoms with Crippen LogP contribution in [-0.4, -0.2) is 0 Å². The second-order valence-corrected chi connectivity index (χ2v) is 7.32. The van der Waals surface area contributed by atoms with Gasteiger partial charge in [-0.2, -0.15) is 0 Å². The summed E-state index contributed by atoms with van der Waals surface area (Å²) in [6.45, 7) is 3.82. The minimum Gasteiger partial charge on any atom is -0.372 e. The topological polar surface area (TPSA) is 9.23 Å². The van der Waals surface area contributed by atoms with Crippen molar-refractivity contribution in [2.24, 2.45) is 11.8 Å². The zero-order valence-electron chi connectivity index (χ0n) is 13.1. The predicted octanol–water partition coefficient (Wildman–Crippen LogP) is 5.99. The molecule has 1 atom stereocenters. The lowest BCUT2D eigenvalue weighted by Crippen LogP contribution is -2.18. The van der Waals surface area contributed by atoms with Crippen molar-refractivity contribution >= 4 is 11.6 Å². The third kappa shape index (κ3) is 3.63. The third-order valence-corrected chi connectivity index (χ3v) is 5.94. The largest absolute Gasteiger partial charge is 0.372 e. The standard InChI is InChI=1S/C19H27ClO/c1-2-3-4-14-5-7-15(8-6-14)19(20)16-9-10-17-12-21-13-18(17)11-16/h9-11,14-15,19H,2-8,12-13H2,1H3. The Morgan fingerprint density at radius 1 is 1.14 bits per heavy atom. The summed E-state index contributed by atoms with van der Waals surface area (Å²) in [5.74, 6) is 1.61. The fraction of sp³-hybridized carbons (Fsp3) is 0.684. The number of halogens is 1. The fourth-order valence-corrected chi connectivity index (χ4v) is 4.29. The minimum atomic E-state index is 0.183. The number of benzene rings is 1. The third-order valence-electron chi connectivity index (χ3n) is 5.34. The molecule has 1 saturated carbocycles. The average Bonchev–Trinajstić information content (AvgIpc) is 3.00. The number of fused-ring (bicyclic) bond motifs is 1. The van der Waals surface area contributed by atoms with E-state index in [1.54, 1.807) is 0 Å². The number of ether oxygens (including phenoxy) is 1. The number of hydrogen-bond acceptors (Lipinski definition) is 1. The van der Waals surface area contributed by atoms with Gasteiger partial charge in [0.05, 0.1) is 18.6 Å². The molecule has 1 aliphatic heterocycles. The molecular weight excluding hydrogens is 280 g/mol. The summed E-state index contributed by atoms with van der Waals surface area (Å²) in [6, 6.07) is 6.71. The molecule has 2 aliphatic rings. The molecule has 1 fully saturated rings. The Bertz CT molecular complexity index is 463. The number of hydrogen-bond donors (Lipinski definition) is 0. The first kappa shape index (κ1) is 15.4. The second-order valence-electron chi connectivity index (χ2n) is 6.85. The molecule has 0 saturated heterocycles. The summed E-state index contributed by atoms with van der Waals surface area (Å²) in [6.07, 6.45) is 9.50. The molecule has 0 amide bonds. The monoisotopic (exact) mass is 306 g/mol. The minimum absolute atomic E-state index is 0.183. The number of alkyl halides is 1. The maximum atomic E-state index is 6.80. The van der Waals surface area contributed by atoms with Crippen LogP contribution >= 0.6 is 11.6 Å². The highest BCUT2D eigenvalue weighted by molar-refractivity contribution is 6.21. The molecule has 1 heterocycles. The van der Waals surface area contributed by atoms with E-state index in [4.69, 9.17) is 16.3 Å². The van der Waals surface area contributed by atoms with Gasteiger partial charge in [0.1, 0.15) is 0 Å². The van der Waals surface area contributed by atoms with Gasteiger partial charge in [0.25, 0.3) is 0 Å². The molecule has 1 nitrogen and oxygen atoms in total. The van der Waals surface area contributed by atoms with Crippen LogP contribution in [0.3, 0.4) is 0 Å².